The van der Waals surface area contributed by atoms with Gasteiger partial charge in [0.2, 0.25) is 5.91 Å². The van der Waals surface area contributed by atoms with Crippen LogP contribution in [0.2, 0.25) is 0 Å². The zero-order valence-electron chi connectivity index (χ0n) is 20.1. The van der Waals surface area contributed by atoms with Crippen molar-refractivity contribution in [1.29, 1.82) is 0 Å². The third-order valence-corrected chi connectivity index (χ3v) is 10.7. The van der Waals surface area contributed by atoms with Crippen molar-refractivity contribution < 1.29 is 24.9 Å². The Balaban J connectivity index is 1.44. The molecule has 0 bridgehead atoms. The Morgan fingerprint density at radius 1 is 1.00 bits per heavy atom. The third kappa shape index (κ3) is 4.11. The lowest BCUT2D eigenvalue weighted by molar-refractivity contribution is -0.174. The fourth-order valence-electron chi connectivity index (χ4n) is 9.00. The van der Waals surface area contributed by atoms with E-state index in [0.29, 0.717) is 41.9 Å². The molecular formula is C26H43NO5. The van der Waals surface area contributed by atoms with Crippen LogP contribution in [0.4, 0.5) is 0 Å². The summed E-state index contributed by atoms with van der Waals surface area (Å²) in [6.07, 6.45) is 9.06. The molecule has 4 saturated carbocycles. The second-order valence-electron chi connectivity index (χ2n) is 12.1. The van der Waals surface area contributed by atoms with Crippen molar-refractivity contribution in [1.82, 2.24) is 5.32 Å². The second kappa shape index (κ2) is 8.90. The zero-order chi connectivity index (χ0) is 23.3. The highest BCUT2D eigenvalue weighted by molar-refractivity contribution is 5.81. The van der Waals surface area contributed by atoms with Gasteiger partial charge in [-0.05, 0) is 104 Å². The summed E-state index contributed by atoms with van der Waals surface area (Å²) < 4.78 is 0. The van der Waals surface area contributed by atoms with E-state index in [1.165, 1.54) is 12.8 Å². The predicted molar refractivity (Wildman–Crippen MR) is 122 cm³/mol. The topological polar surface area (TPSA) is 107 Å². The van der Waals surface area contributed by atoms with Crippen LogP contribution in [-0.2, 0) is 9.59 Å². The number of aliphatic carboxylic acids is 1. The number of aliphatic hydroxyl groups is 2. The van der Waals surface area contributed by atoms with Crippen molar-refractivity contribution in [3.63, 3.8) is 0 Å². The Hall–Kier alpha value is -1.14. The molecule has 32 heavy (non-hydrogen) atoms. The zero-order valence-corrected chi connectivity index (χ0v) is 20.1. The number of carboxylic acid groups (broad SMARTS) is 1. The Morgan fingerprint density at radius 3 is 2.41 bits per heavy atom. The van der Waals surface area contributed by atoms with E-state index in [4.69, 9.17) is 5.11 Å². The molecule has 182 valence electrons. The number of hydrogen-bond acceptors (Lipinski definition) is 4. The quantitative estimate of drug-likeness (QED) is 0.496. The molecule has 4 aliphatic rings. The van der Waals surface area contributed by atoms with Crippen LogP contribution in [-0.4, -0.2) is 45.9 Å². The van der Waals surface area contributed by atoms with Crippen molar-refractivity contribution >= 4 is 11.9 Å². The van der Waals surface area contributed by atoms with Crippen LogP contribution in [0.25, 0.3) is 0 Å². The van der Waals surface area contributed by atoms with Gasteiger partial charge in [-0.25, -0.2) is 0 Å². The number of carbonyl (C=O) groups excluding carboxylic acids is 1. The third-order valence-electron chi connectivity index (χ3n) is 10.7. The average molecular weight is 450 g/mol. The molecule has 6 nitrogen and oxygen atoms in total. The number of carbonyl (C=O) groups is 2. The van der Waals surface area contributed by atoms with E-state index < -0.39 is 5.97 Å². The van der Waals surface area contributed by atoms with Crippen LogP contribution in [0.1, 0.15) is 85.0 Å². The first-order chi connectivity index (χ1) is 15.1. The van der Waals surface area contributed by atoms with E-state index in [1.807, 2.05) is 0 Å². The molecule has 0 aromatic heterocycles. The molecule has 4 fully saturated rings. The highest BCUT2D eigenvalue weighted by Crippen LogP contribution is 2.68. The summed E-state index contributed by atoms with van der Waals surface area (Å²) in [4.78, 5) is 22.7. The maximum atomic E-state index is 12.0. The Bertz CT molecular complexity index is 727. The summed E-state index contributed by atoms with van der Waals surface area (Å²) in [5, 5.41) is 32.8. The number of carboxylic acids is 1. The van der Waals surface area contributed by atoms with Crippen LogP contribution in [0.15, 0.2) is 0 Å². The molecule has 0 radical (unpaired) electrons. The molecule has 10 atom stereocenters. The fourth-order valence-corrected chi connectivity index (χ4v) is 9.00. The normalized spacial score (nSPS) is 46.5. The van der Waals surface area contributed by atoms with Crippen LogP contribution >= 0.6 is 0 Å². The molecule has 4 N–H and O–H groups in total. The molecule has 4 rings (SSSR count). The van der Waals surface area contributed by atoms with Gasteiger partial charge in [0.05, 0.1) is 12.2 Å². The Labute approximate surface area is 192 Å². The van der Waals surface area contributed by atoms with Gasteiger partial charge in [-0.1, -0.05) is 20.8 Å². The van der Waals surface area contributed by atoms with Gasteiger partial charge in [-0.3, -0.25) is 9.59 Å². The maximum absolute atomic E-state index is 12.0. The number of fused-ring (bicyclic) bond motifs is 5. The summed E-state index contributed by atoms with van der Waals surface area (Å²) in [7, 11) is 0. The molecule has 6 heteroatoms. The van der Waals surface area contributed by atoms with Crippen LogP contribution in [0.3, 0.4) is 0 Å². The van der Waals surface area contributed by atoms with E-state index in [-0.39, 0.29) is 35.5 Å². The largest absolute Gasteiger partial charge is 0.480 e. The van der Waals surface area contributed by atoms with E-state index in [1.54, 1.807) is 0 Å². The molecule has 0 aromatic rings. The molecule has 0 aromatic carbocycles. The number of nitrogens with one attached hydrogen (secondary N) is 1. The first kappa shape index (κ1) is 24.0. The average Bonchev–Trinajstić information content (AvgIpc) is 3.09. The number of hydrogen-bond donors (Lipinski definition) is 4. The molecular weight excluding hydrogens is 406 g/mol. The molecule has 0 aliphatic heterocycles. The molecule has 4 aliphatic carbocycles. The Kier molecular flexibility index (Phi) is 6.68. The van der Waals surface area contributed by atoms with Gasteiger partial charge in [-0.15, -0.1) is 0 Å². The van der Waals surface area contributed by atoms with E-state index in [2.05, 4.69) is 26.1 Å². The van der Waals surface area contributed by atoms with Gasteiger partial charge in [0.25, 0.3) is 0 Å². The standard InChI is InChI=1S/C26H43NO5/c1-15(4-7-22(30)27-14-23(31)32)18-5-6-19-24-20(9-11-26(18,19)3)25(2)10-8-17(28)12-16(25)13-21(24)29/h15-21,24,28-29H,4-14H2,1-3H3,(H,27,30)(H,31,32)/t15-,16?,17-,18-,19?,20?,21?,24?,25+,26-/m1/s1. The van der Waals surface area contributed by atoms with Crippen LogP contribution < -0.4 is 5.32 Å². The molecule has 0 saturated heterocycles. The van der Waals surface area contributed by atoms with Crippen molar-refractivity contribution in [2.45, 2.75) is 97.2 Å². The summed E-state index contributed by atoms with van der Waals surface area (Å²) in [5.41, 5.74) is 0.451. The first-order valence-electron chi connectivity index (χ1n) is 12.9. The highest BCUT2D eigenvalue weighted by atomic mass is 16.4. The highest BCUT2D eigenvalue weighted by Gasteiger charge is 2.62. The minimum absolute atomic E-state index is 0.177. The van der Waals surface area contributed by atoms with Crippen molar-refractivity contribution in [2.24, 2.45) is 46.3 Å². The minimum Gasteiger partial charge on any atom is -0.480 e. The maximum Gasteiger partial charge on any atom is 0.322 e. The SMILES string of the molecule is C[C@H](CCC(=O)NCC(=O)O)[C@H]1CCC2C3C(O)CC4C[C@H](O)CC[C@]4(C)C3CC[C@@]21C. The minimum atomic E-state index is -1.01. The van der Waals surface area contributed by atoms with Gasteiger partial charge < -0.3 is 20.6 Å². The first-order valence-corrected chi connectivity index (χ1v) is 12.9. The van der Waals surface area contributed by atoms with Crippen LogP contribution in [0, 0.1) is 46.3 Å². The summed E-state index contributed by atoms with van der Waals surface area (Å²) in [5.74, 6) is 1.66. The molecule has 1 amide bonds. The van der Waals surface area contributed by atoms with E-state index in [0.717, 1.165) is 44.9 Å². The second-order valence-corrected chi connectivity index (χ2v) is 12.1. The van der Waals surface area contributed by atoms with E-state index in [9.17, 15) is 19.8 Å². The van der Waals surface area contributed by atoms with E-state index >= 15 is 0 Å². The van der Waals surface area contributed by atoms with Crippen LogP contribution in [0.5, 0.6) is 0 Å². The van der Waals surface area contributed by atoms with Gasteiger partial charge in [0.1, 0.15) is 6.54 Å². The predicted octanol–water partition coefficient (Wildman–Crippen LogP) is 3.59. The Morgan fingerprint density at radius 2 is 1.69 bits per heavy atom. The summed E-state index contributed by atoms with van der Waals surface area (Å²) >= 11 is 0. The number of rotatable bonds is 6. The van der Waals surface area contributed by atoms with Gasteiger partial charge in [-0.2, -0.15) is 0 Å². The molecule has 0 spiro atoms. The van der Waals surface area contributed by atoms with Gasteiger partial charge in [0, 0.05) is 6.42 Å². The molecule has 5 unspecified atom stereocenters. The van der Waals surface area contributed by atoms with Crippen molar-refractivity contribution in [3.05, 3.63) is 0 Å². The summed E-state index contributed by atoms with van der Waals surface area (Å²) in [6.45, 7) is 6.83. The number of aliphatic hydroxyl groups excluding tert-OH is 2. The fraction of sp³-hybridized carbons (Fsp3) is 0.923. The summed E-state index contributed by atoms with van der Waals surface area (Å²) in [6, 6.07) is 0. The smallest absolute Gasteiger partial charge is 0.322 e. The van der Waals surface area contributed by atoms with Crippen molar-refractivity contribution in [3.8, 4) is 0 Å². The monoisotopic (exact) mass is 449 g/mol. The number of amides is 1. The van der Waals surface area contributed by atoms with Gasteiger partial charge in [0.15, 0.2) is 0 Å². The molecule has 0 heterocycles. The lowest BCUT2D eigenvalue weighted by Crippen LogP contribution is -2.58. The van der Waals surface area contributed by atoms with Gasteiger partial charge >= 0.3 is 5.97 Å². The lowest BCUT2D eigenvalue weighted by Gasteiger charge is -2.62. The van der Waals surface area contributed by atoms with Crippen molar-refractivity contribution in [2.75, 3.05) is 6.54 Å². The lowest BCUT2D eigenvalue weighted by atomic mass is 9.43.